The van der Waals surface area contributed by atoms with Crippen LogP contribution in [0.1, 0.15) is 40.3 Å². The van der Waals surface area contributed by atoms with Gasteiger partial charge in [-0.3, -0.25) is 9.48 Å². The Balaban J connectivity index is 1.68. The number of rotatable bonds is 9. The van der Waals surface area contributed by atoms with Crippen LogP contribution in [0.2, 0.25) is 0 Å². The van der Waals surface area contributed by atoms with E-state index in [0.717, 1.165) is 5.56 Å². The first-order valence-electron chi connectivity index (χ1n) is 9.60. The van der Waals surface area contributed by atoms with Crippen molar-refractivity contribution in [2.45, 2.75) is 32.7 Å². The lowest BCUT2D eigenvalue weighted by Crippen LogP contribution is -2.41. The third-order valence-electron chi connectivity index (χ3n) is 4.61. The standard InChI is InChI=1S/C21H25N5O4/c1-2-26-12-17(9-24-26)19(27)13-25(11-15-6-4-3-5-7-15)21(29)23-10-18-8-16(14-30-18)20(22)28/h3-9,12,14,19,27H,2,10-11,13H2,1H3,(H2,22,28)(H,23,29). The normalized spacial score (nSPS) is 11.8. The van der Waals surface area contributed by atoms with Crippen LogP contribution in [0, 0.1) is 0 Å². The zero-order valence-electron chi connectivity index (χ0n) is 16.7. The summed E-state index contributed by atoms with van der Waals surface area (Å²) in [5.74, 6) is -0.195. The number of nitrogens with two attached hydrogens (primary N) is 1. The Bertz CT molecular complexity index is 982. The van der Waals surface area contributed by atoms with Gasteiger partial charge in [-0.15, -0.1) is 0 Å². The maximum Gasteiger partial charge on any atom is 0.318 e. The number of primary amides is 1. The quantitative estimate of drug-likeness (QED) is 0.497. The summed E-state index contributed by atoms with van der Waals surface area (Å²) in [6, 6.07) is 10.6. The van der Waals surface area contributed by atoms with Gasteiger partial charge in [0.25, 0.3) is 5.91 Å². The summed E-state index contributed by atoms with van der Waals surface area (Å²) < 4.78 is 6.96. The molecule has 3 rings (SSSR count). The highest BCUT2D eigenvalue weighted by molar-refractivity contribution is 5.92. The van der Waals surface area contributed by atoms with Gasteiger partial charge in [-0.05, 0) is 18.6 Å². The van der Waals surface area contributed by atoms with E-state index < -0.39 is 12.0 Å². The number of carbonyl (C=O) groups excluding carboxylic acids is 2. The first kappa shape index (κ1) is 21.1. The molecule has 9 nitrogen and oxygen atoms in total. The molecule has 2 aromatic heterocycles. The van der Waals surface area contributed by atoms with Gasteiger partial charge in [0, 0.05) is 24.8 Å². The topological polar surface area (TPSA) is 127 Å². The van der Waals surface area contributed by atoms with Crippen LogP contribution in [-0.4, -0.2) is 38.3 Å². The molecule has 0 aliphatic rings. The molecule has 0 aliphatic heterocycles. The molecule has 0 spiro atoms. The van der Waals surface area contributed by atoms with Crippen molar-refractivity contribution in [3.05, 3.63) is 77.5 Å². The van der Waals surface area contributed by atoms with Crippen LogP contribution in [-0.2, 0) is 19.6 Å². The summed E-state index contributed by atoms with van der Waals surface area (Å²) in [5, 5.41) is 17.6. The number of urea groups is 1. The van der Waals surface area contributed by atoms with Crippen LogP contribution in [0.3, 0.4) is 0 Å². The van der Waals surface area contributed by atoms with Crippen molar-refractivity contribution >= 4 is 11.9 Å². The molecule has 0 saturated carbocycles. The molecular formula is C21H25N5O4. The third kappa shape index (κ3) is 5.48. The number of benzene rings is 1. The number of hydrogen-bond donors (Lipinski definition) is 3. The molecule has 0 aliphatic carbocycles. The highest BCUT2D eigenvalue weighted by Crippen LogP contribution is 2.16. The number of nitrogens with zero attached hydrogens (tertiary/aromatic N) is 3. The van der Waals surface area contributed by atoms with Gasteiger partial charge in [-0.2, -0.15) is 5.10 Å². The van der Waals surface area contributed by atoms with Gasteiger partial charge in [-0.1, -0.05) is 30.3 Å². The fraction of sp³-hybridized carbons (Fsp3) is 0.286. The lowest BCUT2D eigenvalue weighted by Gasteiger charge is -2.25. The number of aliphatic hydroxyl groups excluding tert-OH is 1. The van der Waals surface area contributed by atoms with Gasteiger partial charge in [0.2, 0.25) is 0 Å². The Morgan fingerprint density at radius 2 is 2.10 bits per heavy atom. The van der Waals surface area contributed by atoms with E-state index in [-0.39, 0.29) is 24.7 Å². The fourth-order valence-electron chi connectivity index (χ4n) is 2.94. The zero-order valence-corrected chi connectivity index (χ0v) is 16.7. The molecule has 1 atom stereocenters. The molecule has 30 heavy (non-hydrogen) atoms. The largest absolute Gasteiger partial charge is 0.467 e. The molecule has 158 valence electrons. The molecule has 3 aromatic rings. The van der Waals surface area contributed by atoms with Crippen LogP contribution in [0.5, 0.6) is 0 Å². The van der Waals surface area contributed by atoms with E-state index in [1.165, 1.54) is 17.2 Å². The van der Waals surface area contributed by atoms with Crippen molar-refractivity contribution in [3.63, 3.8) is 0 Å². The molecule has 0 radical (unpaired) electrons. The lowest BCUT2D eigenvalue weighted by molar-refractivity contribution is 0.0999. The minimum atomic E-state index is -0.884. The Kier molecular flexibility index (Phi) is 6.87. The Morgan fingerprint density at radius 1 is 1.33 bits per heavy atom. The van der Waals surface area contributed by atoms with E-state index in [4.69, 9.17) is 10.2 Å². The van der Waals surface area contributed by atoms with Gasteiger partial charge < -0.3 is 25.5 Å². The number of aryl methyl sites for hydroxylation is 1. The number of nitrogens with one attached hydrogen (secondary N) is 1. The van der Waals surface area contributed by atoms with E-state index in [1.54, 1.807) is 17.1 Å². The van der Waals surface area contributed by atoms with Crippen LogP contribution in [0.25, 0.3) is 0 Å². The average Bonchev–Trinajstić information content (AvgIpc) is 3.42. The number of amides is 3. The van der Waals surface area contributed by atoms with E-state index in [1.807, 2.05) is 37.3 Å². The summed E-state index contributed by atoms with van der Waals surface area (Å²) in [6.07, 6.45) is 3.73. The number of aromatic nitrogens is 2. The summed E-state index contributed by atoms with van der Waals surface area (Å²) in [5.41, 5.74) is 7.02. The third-order valence-corrected chi connectivity index (χ3v) is 4.61. The number of furan rings is 1. The smallest absolute Gasteiger partial charge is 0.318 e. The second-order valence-corrected chi connectivity index (χ2v) is 6.84. The van der Waals surface area contributed by atoms with Gasteiger partial charge in [0.05, 0.1) is 31.0 Å². The molecule has 2 heterocycles. The maximum absolute atomic E-state index is 12.8. The highest BCUT2D eigenvalue weighted by Gasteiger charge is 2.20. The minimum Gasteiger partial charge on any atom is -0.467 e. The Hall–Kier alpha value is -3.59. The monoisotopic (exact) mass is 411 g/mol. The van der Waals surface area contributed by atoms with Gasteiger partial charge >= 0.3 is 6.03 Å². The summed E-state index contributed by atoms with van der Waals surface area (Å²) in [7, 11) is 0. The molecular weight excluding hydrogens is 386 g/mol. The maximum atomic E-state index is 12.8. The molecule has 0 saturated heterocycles. The van der Waals surface area contributed by atoms with Crippen LogP contribution in [0.4, 0.5) is 4.79 Å². The van der Waals surface area contributed by atoms with E-state index in [0.29, 0.717) is 24.4 Å². The number of hydrogen-bond acceptors (Lipinski definition) is 5. The van der Waals surface area contributed by atoms with E-state index >= 15 is 0 Å². The molecule has 4 N–H and O–H groups in total. The first-order valence-corrected chi connectivity index (χ1v) is 9.60. The first-order chi connectivity index (χ1) is 14.5. The fourth-order valence-corrected chi connectivity index (χ4v) is 2.94. The van der Waals surface area contributed by atoms with Crippen LogP contribution >= 0.6 is 0 Å². The van der Waals surface area contributed by atoms with Gasteiger partial charge in [0.15, 0.2) is 0 Å². The second kappa shape index (κ2) is 9.75. The van der Waals surface area contributed by atoms with E-state index in [9.17, 15) is 14.7 Å². The average molecular weight is 411 g/mol. The van der Waals surface area contributed by atoms with Crippen molar-refractivity contribution < 1.29 is 19.1 Å². The van der Waals surface area contributed by atoms with E-state index in [2.05, 4.69) is 10.4 Å². The lowest BCUT2D eigenvalue weighted by atomic mass is 10.1. The predicted molar refractivity (Wildman–Crippen MR) is 109 cm³/mol. The number of aliphatic hydroxyl groups is 1. The summed E-state index contributed by atoms with van der Waals surface area (Å²) >= 11 is 0. The second-order valence-electron chi connectivity index (χ2n) is 6.84. The Morgan fingerprint density at radius 3 is 2.73 bits per heavy atom. The predicted octanol–water partition coefficient (Wildman–Crippen LogP) is 2.04. The summed E-state index contributed by atoms with van der Waals surface area (Å²) in [4.78, 5) is 25.5. The number of carbonyl (C=O) groups is 2. The van der Waals surface area contributed by atoms with Crippen LogP contribution in [0.15, 0.2) is 59.5 Å². The van der Waals surface area contributed by atoms with Gasteiger partial charge in [-0.25, -0.2) is 4.79 Å². The van der Waals surface area contributed by atoms with Crippen LogP contribution < -0.4 is 11.1 Å². The Labute approximate surface area is 174 Å². The van der Waals surface area contributed by atoms with Crippen molar-refractivity contribution in [3.8, 4) is 0 Å². The molecule has 1 aromatic carbocycles. The molecule has 0 fully saturated rings. The van der Waals surface area contributed by atoms with Crippen molar-refractivity contribution in [1.82, 2.24) is 20.0 Å². The van der Waals surface area contributed by atoms with Crippen molar-refractivity contribution in [2.75, 3.05) is 6.54 Å². The molecule has 0 bridgehead atoms. The van der Waals surface area contributed by atoms with Crippen molar-refractivity contribution in [2.24, 2.45) is 5.73 Å². The minimum absolute atomic E-state index is 0.0842. The van der Waals surface area contributed by atoms with Gasteiger partial charge in [0.1, 0.15) is 12.0 Å². The molecule has 1 unspecified atom stereocenters. The summed E-state index contributed by atoms with van der Waals surface area (Å²) in [6.45, 7) is 3.13. The molecule has 3 amide bonds. The zero-order chi connectivity index (χ0) is 21.5. The SMILES string of the molecule is CCn1cc(C(O)CN(Cc2ccccc2)C(=O)NCc2cc(C(N)=O)co2)cn1. The highest BCUT2D eigenvalue weighted by atomic mass is 16.3. The van der Waals surface area contributed by atoms with Crippen molar-refractivity contribution in [1.29, 1.82) is 0 Å². The molecule has 9 heteroatoms.